The van der Waals surface area contributed by atoms with Crippen molar-refractivity contribution >= 4 is 11.9 Å². The van der Waals surface area contributed by atoms with E-state index in [1.54, 1.807) is 0 Å². The monoisotopic (exact) mass is 481 g/mol. The molecule has 34 heavy (non-hydrogen) atoms. The largest absolute Gasteiger partial charge is 0.586 e. The van der Waals surface area contributed by atoms with E-state index in [9.17, 15) is 27.2 Å². The molecule has 1 saturated carbocycles. The topological polar surface area (TPSA) is 97.9 Å². The molecule has 12 heteroatoms. The van der Waals surface area contributed by atoms with Gasteiger partial charge in [-0.05, 0) is 30.5 Å². The van der Waals surface area contributed by atoms with Gasteiger partial charge in [0.1, 0.15) is 23.4 Å². The lowest BCUT2D eigenvalue weighted by molar-refractivity contribution is -0.286. The second-order valence-corrected chi connectivity index (χ2v) is 8.34. The first kappa shape index (κ1) is 22.1. The van der Waals surface area contributed by atoms with Crippen LogP contribution in [0.4, 0.5) is 22.4 Å². The number of methoxy groups -OCH3 is 1. The van der Waals surface area contributed by atoms with Crippen LogP contribution in [0.25, 0.3) is 0 Å². The van der Waals surface area contributed by atoms with Crippen LogP contribution in [0.5, 0.6) is 17.2 Å². The molecule has 180 valence electrons. The Kier molecular flexibility index (Phi) is 4.99. The van der Waals surface area contributed by atoms with Gasteiger partial charge in [-0.2, -0.15) is 0 Å². The van der Waals surface area contributed by atoms with Crippen molar-refractivity contribution in [2.45, 2.75) is 36.6 Å². The van der Waals surface area contributed by atoms with Gasteiger partial charge >= 0.3 is 12.3 Å². The van der Waals surface area contributed by atoms with Crippen molar-refractivity contribution in [3.63, 3.8) is 0 Å². The summed E-state index contributed by atoms with van der Waals surface area (Å²) >= 11 is 0. The number of hydrogen-bond acceptors (Lipinski definition) is 5. The van der Waals surface area contributed by atoms with E-state index < -0.39 is 47.4 Å². The van der Waals surface area contributed by atoms with Crippen molar-refractivity contribution in [1.82, 2.24) is 16.0 Å². The zero-order chi connectivity index (χ0) is 24.3. The molecule has 2 heterocycles. The van der Waals surface area contributed by atoms with E-state index in [2.05, 4.69) is 25.4 Å². The highest BCUT2D eigenvalue weighted by Crippen LogP contribution is 2.49. The minimum atomic E-state index is -3.76. The van der Waals surface area contributed by atoms with Crippen molar-refractivity contribution in [1.29, 1.82) is 0 Å². The number of alkyl halides is 2. The van der Waals surface area contributed by atoms with Crippen LogP contribution in [-0.2, 0) is 10.3 Å². The lowest BCUT2D eigenvalue weighted by Crippen LogP contribution is -2.50. The third-order valence-electron chi connectivity index (χ3n) is 6.18. The van der Waals surface area contributed by atoms with Crippen LogP contribution in [0.2, 0.25) is 0 Å². The first-order chi connectivity index (χ1) is 16.1. The summed E-state index contributed by atoms with van der Waals surface area (Å²) in [5.41, 5.74) is -0.689. The minimum Gasteiger partial charge on any atom is -0.497 e. The number of amides is 3. The van der Waals surface area contributed by atoms with Crippen LogP contribution in [0.3, 0.4) is 0 Å². The number of carbonyl (C=O) groups excluding carboxylic acids is 2. The maximum absolute atomic E-state index is 14.6. The van der Waals surface area contributed by atoms with E-state index in [4.69, 9.17) is 4.74 Å². The lowest BCUT2D eigenvalue weighted by atomic mass is 9.92. The Morgan fingerprint density at radius 3 is 2.44 bits per heavy atom. The third-order valence-corrected chi connectivity index (χ3v) is 6.18. The number of rotatable bonds is 5. The molecule has 8 nitrogen and oxygen atoms in total. The van der Waals surface area contributed by atoms with E-state index in [1.165, 1.54) is 25.3 Å². The van der Waals surface area contributed by atoms with Crippen LogP contribution < -0.4 is 30.2 Å². The van der Waals surface area contributed by atoms with E-state index in [-0.39, 0.29) is 29.4 Å². The van der Waals surface area contributed by atoms with E-state index in [1.807, 2.05) is 0 Å². The average Bonchev–Trinajstić information content (AvgIpc) is 3.36. The number of ether oxygens (including phenoxy) is 3. The van der Waals surface area contributed by atoms with Gasteiger partial charge in [0.25, 0.3) is 0 Å². The summed E-state index contributed by atoms with van der Waals surface area (Å²) in [5.74, 6) is -3.69. The number of nitrogens with one attached hydrogen (secondary N) is 3. The zero-order valence-electron chi connectivity index (χ0n) is 17.7. The van der Waals surface area contributed by atoms with Gasteiger partial charge in [-0.3, -0.25) is 4.79 Å². The molecule has 2 aliphatic heterocycles. The predicted octanol–water partition coefficient (Wildman–Crippen LogP) is 2.87. The Hall–Kier alpha value is -3.70. The van der Waals surface area contributed by atoms with Gasteiger partial charge < -0.3 is 30.2 Å². The molecular weight excluding hydrogens is 462 g/mol. The number of benzene rings is 2. The van der Waals surface area contributed by atoms with Crippen LogP contribution in [0, 0.1) is 11.6 Å². The second kappa shape index (κ2) is 7.67. The van der Waals surface area contributed by atoms with Gasteiger partial charge in [-0.15, -0.1) is 8.78 Å². The number of carbonyl (C=O) groups is 2. The summed E-state index contributed by atoms with van der Waals surface area (Å²) in [7, 11) is 1.27. The molecule has 0 aromatic heterocycles. The van der Waals surface area contributed by atoms with Crippen LogP contribution in [-0.4, -0.2) is 37.9 Å². The van der Waals surface area contributed by atoms with Crippen LogP contribution >= 0.6 is 0 Å². The Morgan fingerprint density at radius 1 is 1.12 bits per heavy atom. The molecule has 0 radical (unpaired) electrons. The molecule has 0 spiro atoms. The highest BCUT2D eigenvalue weighted by atomic mass is 19.3. The smallest absolute Gasteiger partial charge is 0.497 e. The summed E-state index contributed by atoms with van der Waals surface area (Å²) in [6.07, 6.45) is -2.74. The minimum absolute atomic E-state index is 0.0181. The summed E-state index contributed by atoms with van der Waals surface area (Å²) in [4.78, 5) is 25.1. The summed E-state index contributed by atoms with van der Waals surface area (Å²) < 4.78 is 69.5. The Bertz CT molecular complexity index is 1160. The third kappa shape index (κ3) is 3.82. The fourth-order valence-electron chi connectivity index (χ4n) is 4.34. The molecule has 3 N–H and O–H groups in total. The molecule has 2 aromatic carbocycles. The molecule has 0 bridgehead atoms. The van der Waals surface area contributed by atoms with Crippen molar-refractivity contribution < 1.29 is 41.4 Å². The average molecular weight is 481 g/mol. The van der Waals surface area contributed by atoms with E-state index in [0.717, 1.165) is 12.1 Å². The van der Waals surface area contributed by atoms with Gasteiger partial charge in [-0.25, -0.2) is 13.6 Å². The summed E-state index contributed by atoms with van der Waals surface area (Å²) in [5, 5.41) is 7.74. The lowest BCUT2D eigenvalue weighted by Gasteiger charge is -2.23. The van der Waals surface area contributed by atoms with Gasteiger partial charge in [0.2, 0.25) is 5.91 Å². The van der Waals surface area contributed by atoms with Crippen LogP contribution in [0.1, 0.15) is 29.9 Å². The molecule has 1 saturated heterocycles. The Labute approximate surface area is 190 Å². The SMILES string of the molecule is COc1cc(F)c([C@@H]2CNC(=O)[C@H]2NC(=O)NC2(c3ccc4c(c3)OC(F)(F)O4)CC2)c(F)c1. The van der Waals surface area contributed by atoms with Gasteiger partial charge in [0.15, 0.2) is 11.5 Å². The quantitative estimate of drug-likeness (QED) is 0.571. The molecule has 3 amide bonds. The molecule has 5 rings (SSSR count). The number of urea groups is 1. The number of fused-ring (bicyclic) bond motifs is 1. The summed E-state index contributed by atoms with van der Waals surface area (Å²) in [6.45, 7) is -0.0779. The fourth-order valence-corrected chi connectivity index (χ4v) is 4.34. The van der Waals surface area contributed by atoms with Gasteiger partial charge in [0.05, 0.1) is 12.6 Å². The van der Waals surface area contributed by atoms with E-state index >= 15 is 0 Å². The van der Waals surface area contributed by atoms with E-state index in [0.29, 0.717) is 18.4 Å². The first-order valence-corrected chi connectivity index (χ1v) is 10.4. The number of halogens is 4. The molecule has 2 aromatic rings. The number of hydrogen-bond donors (Lipinski definition) is 3. The predicted molar refractivity (Wildman–Crippen MR) is 108 cm³/mol. The highest BCUT2D eigenvalue weighted by Gasteiger charge is 2.49. The molecular formula is C22H19F4N3O5. The second-order valence-electron chi connectivity index (χ2n) is 8.34. The van der Waals surface area contributed by atoms with Crippen molar-refractivity contribution in [3.8, 4) is 17.2 Å². The molecule has 2 fully saturated rings. The maximum atomic E-state index is 14.6. The zero-order valence-corrected chi connectivity index (χ0v) is 17.7. The molecule has 2 atom stereocenters. The normalized spacial score (nSPS) is 23.3. The standard InChI is InChI=1S/C22H19F4N3O5/c1-32-11-7-13(23)17(14(24)8-11)12-9-27-19(30)18(12)28-20(31)29-21(4-5-21)10-2-3-15-16(6-10)34-22(25,26)33-15/h2-3,6-8,12,18H,4-5,9H2,1H3,(H,27,30)(H2,28,29,31)/t12-,18-/m0/s1. The van der Waals surface area contributed by atoms with Gasteiger partial charge in [0, 0.05) is 30.2 Å². The van der Waals surface area contributed by atoms with Crippen molar-refractivity contribution in [3.05, 3.63) is 53.1 Å². The first-order valence-electron chi connectivity index (χ1n) is 10.4. The molecule has 0 unspecified atom stereocenters. The molecule has 3 aliphatic rings. The highest BCUT2D eigenvalue weighted by molar-refractivity contribution is 5.90. The summed E-state index contributed by atoms with van der Waals surface area (Å²) in [6, 6.07) is 4.23. The Balaban J connectivity index is 1.32. The maximum Gasteiger partial charge on any atom is 0.586 e. The fraction of sp³-hybridized carbons (Fsp3) is 0.364. The van der Waals surface area contributed by atoms with Gasteiger partial charge in [-0.1, -0.05) is 6.07 Å². The Morgan fingerprint density at radius 2 is 1.79 bits per heavy atom. The van der Waals surface area contributed by atoms with Crippen LogP contribution in [0.15, 0.2) is 30.3 Å². The van der Waals surface area contributed by atoms with Crippen molar-refractivity contribution in [2.75, 3.05) is 13.7 Å². The van der Waals surface area contributed by atoms with Crippen molar-refractivity contribution in [2.24, 2.45) is 0 Å². The molecule has 1 aliphatic carbocycles.